The van der Waals surface area contributed by atoms with Crippen LogP contribution >= 0.6 is 22.6 Å². The largest absolute Gasteiger partial charge is 0.393 e. The van der Waals surface area contributed by atoms with Crippen LogP contribution in [0.4, 0.5) is 0 Å². The Morgan fingerprint density at radius 3 is 2.56 bits per heavy atom. The second-order valence-electron chi connectivity index (χ2n) is 2.95. The van der Waals surface area contributed by atoms with Crippen molar-refractivity contribution >= 4 is 22.6 Å². The number of hydrogen-bond acceptors (Lipinski definition) is 1. The van der Waals surface area contributed by atoms with Crippen LogP contribution in [0.15, 0.2) is 0 Å². The summed E-state index contributed by atoms with van der Waals surface area (Å²) in [6, 6.07) is 0. The van der Waals surface area contributed by atoms with Crippen molar-refractivity contribution in [2.75, 3.05) is 0 Å². The van der Waals surface area contributed by atoms with Crippen LogP contribution in [0.3, 0.4) is 0 Å². The molecule has 1 N–H and O–H groups in total. The molecule has 1 rings (SSSR count). The van der Waals surface area contributed by atoms with E-state index in [1.165, 1.54) is 12.8 Å². The Bertz CT molecular complexity index is 94.9. The van der Waals surface area contributed by atoms with Crippen LogP contribution < -0.4 is 0 Å². The molecule has 1 fully saturated rings. The molecule has 0 spiro atoms. The van der Waals surface area contributed by atoms with E-state index in [-0.39, 0.29) is 6.10 Å². The topological polar surface area (TPSA) is 20.2 Å². The van der Waals surface area contributed by atoms with Gasteiger partial charge in [-0.15, -0.1) is 0 Å². The molecular formula is C7H13IO. The first kappa shape index (κ1) is 7.79. The van der Waals surface area contributed by atoms with Crippen molar-refractivity contribution in [2.45, 2.75) is 36.2 Å². The number of halogens is 1. The molecule has 9 heavy (non-hydrogen) atoms. The smallest absolute Gasteiger partial charge is 0.0575 e. The predicted molar refractivity (Wildman–Crippen MR) is 46.8 cm³/mol. The lowest BCUT2D eigenvalue weighted by Gasteiger charge is -2.27. The van der Waals surface area contributed by atoms with Crippen molar-refractivity contribution < 1.29 is 5.11 Å². The van der Waals surface area contributed by atoms with Crippen molar-refractivity contribution in [1.29, 1.82) is 0 Å². The lowest BCUT2D eigenvalue weighted by Crippen LogP contribution is -2.27. The average Bonchev–Trinajstić information content (AvgIpc) is 1.80. The van der Waals surface area contributed by atoms with Gasteiger partial charge in [-0.2, -0.15) is 0 Å². The van der Waals surface area contributed by atoms with Crippen LogP contribution in [-0.2, 0) is 0 Å². The maximum Gasteiger partial charge on any atom is 0.0575 e. The molecule has 0 saturated heterocycles. The van der Waals surface area contributed by atoms with Crippen LogP contribution in [0.5, 0.6) is 0 Å². The van der Waals surface area contributed by atoms with Gasteiger partial charge in [-0.1, -0.05) is 29.5 Å². The summed E-state index contributed by atoms with van der Waals surface area (Å²) in [4.78, 5) is 0. The van der Waals surface area contributed by atoms with E-state index in [1.807, 2.05) is 0 Å². The number of rotatable bonds is 0. The Balaban J connectivity index is 2.35. The number of alkyl halides is 1. The summed E-state index contributed by atoms with van der Waals surface area (Å²) in [6.45, 7) is 2.13. The Hall–Kier alpha value is 0.690. The van der Waals surface area contributed by atoms with E-state index in [1.54, 1.807) is 0 Å². The summed E-state index contributed by atoms with van der Waals surface area (Å²) in [5.41, 5.74) is 0. The fourth-order valence-corrected chi connectivity index (χ4v) is 2.13. The summed E-state index contributed by atoms with van der Waals surface area (Å²) in [5.74, 6) is 0.538. The van der Waals surface area contributed by atoms with Gasteiger partial charge in [0.1, 0.15) is 0 Å². The Morgan fingerprint density at radius 2 is 2.11 bits per heavy atom. The summed E-state index contributed by atoms with van der Waals surface area (Å²) in [5, 5.41) is 9.34. The molecule has 0 aromatic carbocycles. The third kappa shape index (κ3) is 2.08. The normalized spacial score (nSPS) is 45.0. The minimum Gasteiger partial charge on any atom is -0.393 e. The zero-order valence-corrected chi connectivity index (χ0v) is 7.84. The van der Waals surface area contributed by atoms with Crippen LogP contribution in [0.25, 0.3) is 0 Å². The highest BCUT2D eigenvalue weighted by molar-refractivity contribution is 14.1. The molecular weight excluding hydrogens is 227 g/mol. The quantitative estimate of drug-likeness (QED) is 0.507. The Kier molecular flexibility index (Phi) is 2.76. The van der Waals surface area contributed by atoms with Gasteiger partial charge in [0.15, 0.2) is 0 Å². The van der Waals surface area contributed by atoms with Crippen molar-refractivity contribution in [2.24, 2.45) is 5.92 Å². The van der Waals surface area contributed by atoms with Crippen LogP contribution in [0, 0.1) is 5.92 Å². The first-order valence-electron chi connectivity index (χ1n) is 3.52. The fourth-order valence-electron chi connectivity index (χ4n) is 1.25. The summed E-state index contributed by atoms with van der Waals surface area (Å²) >= 11 is 2.42. The predicted octanol–water partition coefficient (Wildman–Crippen LogP) is 1.97. The Labute approximate surface area is 70.0 Å². The van der Waals surface area contributed by atoms with E-state index >= 15 is 0 Å². The molecule has 0 aliphatic heterocycles. The molecule has 0 aromatic rings. The highest BCUT2D eigenvalue weighted by Crippen LogP contribution is 2.28. The van der Waals surface area contributed by atoms with Gasteiger partial charge >= 0.3 is 0 Å². The van der Waals surface area contributed by atoms with Gasteiger partial charge in [-0.3, -0.25) is 0 Å². The standard InChI is InChI=1S/C7H13IO/c1-5-2-3-6(8)4-7(5)9/h5-7,9H,2-4H2,1H3/t5-,6?,7-/m1/s1. The van der Waals surface area contributed by atoms with Gasteiger partial charge in [0.25, 0.3) is 0 Å². The van der Waals surface area contributed by atoms with E-state index in [0.717, 1.165) is 6.42 Å². The minimum absolute atomic E-state index is 0.0272. The zero-order valence-electron chi connectivity index (χ0n) is 5.68. The monoisotopic (exact) mass is 240 g/mol. The molecule has 0 bridgehead atoms. The SMILES string of the molecule is C[C@@H]1CCC(I)C[C@H]1O. The van der Waals surface area contributed by atoms with Crippen LogP contribution in [0.1, 0.15) is 26.2 Å². The highest BCUT2D eigenvalue weighted by Gasteiger charge is 2.23. The lowest BCUT2D eigenvalue weighted by molar-refractivity contribution is 0.0840. The van der Waals surface area contributed by atoms with Gasteiger partial charge in [0.05, 0.1) is 6.10 Å². The summed E-state index contributed by atoms with van der Waals surface area (Å²) in [6.07, 6.45) is 3.47. The summed E-state index contributed by atoms with van der Waals surface area (Å²) in [7, 11) is 0. The van der Waals surface area contributed by atoms with Crippen LogP contribution in [-0.4, -0.2) is 15.1 Å². The Morgan fingerprint density at radius 1 is 1.44 bits per heavy atom. The molecule has 0 heterocycles. The first-order valence-corrected chi connectivity index (χ1v) is 4.77. The van der Waals surface area contributed by atoms with Gasteiger partial charge in [-0.05, 0) is 25.2 Å². The van der Waals surface area contributed by atoms with Crippen molar-refractivity contribution in [3.63, 3.8) is 0 Å². The van der Waals surface area contributed by atoms with E-state index in [0.29, 0.717) is 9.84 Å². The second-order valence-corrected chi connectivity index (χ2v) is 4.72. The fraction of sp³-hybridized carbons (Fsp3) is 1.00. The van der Waals surface area contributed by atoms with E-state index < -0.39 is 0 Å². The molecule has 0 radical (unpaired) electrons. The highest BCUT2D eigenvalue weighted by atomic mass is 127. The zero-order chi connectivity index (χ0) is 6.85. The van der Waals surface area contributed by atoms with Crippen molar-refractivity contribution in [3.05, 3.63) is 0 Å². The summed E-state index contributed by atoms with van der Waals surface area (Å²) < 4.78 is 0.716. The average molecular weight is 240 g/mol. The number of aliphatic hydroxyl groups excluding tert-OH is 1. The van der Waals surface area contributed by atoms with Gasteiger partial charge in [0.2, 0.25) is 0 Å². The van der Waals surface area contributed by atoms with Crippen LogP contribution in [0.2, 0.25) is 0 Å². The van der Waals surface area contributed by atoms with E-state index in [9.17, 15) is 5.11 Å². The van der Waals surface area contributed by atoms with Crippen molar-refractivity contribution in [3.8, 4) is 0 Å². The van der Waals surface area contributed by atoms with Gasteiger partial charge < -0.3 is 5.11 Å². The minimum atomic E-state index is -0.0272. The number of hydrogen-bond donors (Lipinski definition) is 1. The van der Waals surface area contributed by atoms with Crippen molar-refractivity contribution in [1.82, 2.24) is 0 Å². The third-order valence-electron chi connectivity index (χ3n) is 2.09. The van der Waals surface area contributed by atoms with E-state index in [2.05, 4.69) is 29.5 Å². The molecule has 3 atom stereocenters. The van der Waals surface area contributed by atoms with Gasteiger partial charge in [-0.25, -0.2) is 0 Å². The van der Waals surface area contributed by atoms with E-state index in [4.69, 9.17) is 0 Å². The molecule has 0 amide bonds. The molecule has 1 saturated carbocycles. The number of aliphatic hydroxyl groups is 1. The third-order valence-corrected chi connectivity index (χ3v) is 3.22. The molecule has 1 aliphatic carbocycles. The molecule has 1 aliphatic rings. The first-order chi connectivity index (χ1) is 4.20. The molecule has 1 unspecified atom stereocenters. The maximum atomic E-state index is 9.34. The molecule has 0 aromatic heterocycles. The lowest BCUT2D eigenvalue weighted by atomic mass is 9.88. The molecule has 1 nitrogen and oxygen atoms in total. The maximum absolute atomic E-state index is 9.34. The molecule has 2 heteroatoms. The second kappa shape index (κ2) is 3.19. The molecule has 54 valence electrons. The van der Waals surface area contributed by atoms with Gasteiger partial charge in [0, 0.05) is 3.92 Å².